The maximum atomic E-state index is 11.3. The monoisotopic (exact) mass is 518 g/mol. The van der Waals surface area contributed by atoms with Crippen molar-refractivity contribution in [1.29, 1.82) is 0 Å². The van der Waals surface area contributed by atoms with Crippen molar-refractivity contribution in [2.75, 3.05) is 26.2 Å². The first-order valence-electron chi connectivity index (χ1n) is 12.6. The molecule has 1 atom stereocenters. The van der Waals surface area contributed by atoms with E-state index in [2.05, 4.69) is 27.4 Å². The Morgan fingerprint density at radius 3 is 2.81 bits per heavy atom. The van der Waals surface area contributed by atoms with Crippen LogP contribution < -0.4 is 15.8 Å². The summed E-state index contributed by atoms with van der Waals surface area (Å²) in [6.45, 7) is 2.92. The summed E-state index contributed by atoms with van der Waals surface area (Å²) in [4.78, 5) is 18.2. The van der Waals surface area contributed by atoms with E-state index in [0.717, 1.165) is 54.1 Å². The Morgan fingerprint density at radius 1 is 1.27 bits per heavy atom. The van der Waals surface area contributed by atoms with E-state index in [0.29, 0.717) is 30.3 Å². The molecule has 2 aliphatic heterocycles. The number of carbonyl (C=O) groups excluding carboxylic acids is 1. The molecule has 0 saturated carbocycles. The molecule has 3 heterocycles. The van der Waals surface area contributed by atoms with Crippen LogP contribution in [0.3, 0.4) is 0 Å². The van der Waals surface area contributed by atoms with E-state index in [1.54, 1.807) is 6.20 Å². The van der Waals surface area contributed by atoms with Gasteiger partial charge in [0.1, 0.15) is 5.76 Å². The largest absolute Gasteiger partial charge is 0.438 e. The van der Waals surface area contributed by atoms with Gasteiger partial charge in [-0.1, -0.05) is 42.0 Å². The summed E-state index contributed by atoms with van der Waals surface area (Å²) in [6, 6.07) is 10.9. The molecule has 1 aromatic heterocycles. The van der Waals surface area contributed by atoms with Gasteiger partial charge in [-0.3, -0.25) is 0 Å². The van der Waals surface area contributed by atoms with E-state index in [1.807, 2.05) is 54.6 Å². The number of primary amides is 1. The van der Waals surface area contributed by atoms with Gasteiger partial charge >= 0.3 is 6.03 Å². The zero-order valence-electron chi connectivity index (χ0n) is 20.6. The van der Waals surface area contributed by atoms with Crippen molar-refractivity contribution in [2.24, 2.45) is 11.7 Å². The van der Waals surface area contributed by atoms with E-state index in [4.69, 9.17) is 22.1 Å². The Morgan fingerprint density at radius 2 is 2.05 bits per heavy atom. The minimum absolute atomic E-state index is 0.0575. The summed E-state index contributed by atoms with van der Waals surface area (Å²) < 4.78 is 6.20. The molecule has 2 amide bonds. The number of urea groups is 1. The van der Waals surface area contributed by atoms with Gasteiger partial charge in [0.2, 0.25) is 5.88 Å². The third kappa shape index (κ3) is 5.80. The van der Waals surface area contributed by atoms with Crippen molar-refractivity contribution < 1.29 is 14.6 Å². The number of carbonyl (C=O) groups is 1. The number of likely N-dealkylation sites (tertiary alicyclic amines) is 1. The predicted octanol–water partition coefficient (Wildman–Crippen LogP) is 4.55. The molecule has 1 aromatic carbocycles. The van der Waals surface area contributed by atoms with Crippen LogP contribution in [0, 0.1) is 5.92 Å². The molecule has 8 heteroatoms. The van der Waals surface area contributed by atoms with E-state index in [1.165, 1.54) is 0 Å². The number of pyridine rings is 1. The van der Waals surface area contributed by atoms with Crippen LogP contribution in [0.5, 0.6) is 5.88 Å². The number of fused-ring (bicyclic) bond motifs is 2. The highest BCUT2D eigenvalue weighted by atomic mass is 35.5. The minimum Gasteiger partial charge on any atom is -0.438 e. The molecule has 5 rings (SSSR count). The number of allylic oxidation sites excluding steroid dienone is 5. The summed E-state index contributed by atoms with van der Waals surface area (Å²) in [5, 5.41) is 14.6. The first kappa shape index (κ1) is 25.3. The van der Waals surface area contributed by atoms with Crippen LogP contribution >= 0.6 is 11.6 Å². The molecule has 0 bridgehead atoms. The molecule has 0 spiro atoms. The fourth-order valence-electron chi connectivity index (χ4n) is 5.13. The standard InChI is InChI=1S/C29H31ClN4O3/c30-23-10-8-22(9-11-23)29(36)12-16-34(17-13-29)15-3-5-20-18-25-21(19-33-28(31)35)4-1-7-26(25)37-27-24(20)6-2-14-32-27/h1-2,4-11,14,18,21,36H,3,12-13,15-17,19H2,(H3,31,33,35). The lowest BCUT2D eigenvalue weighted by Crippen LogP contribution is -2.42. The molecule has 7 nitrogen and oxygen atoms in total. The third-order valence-electron chi connectivity index (χ3n) is 7.25. The van der Waals surface area contributed by atoms with E-state index < -0.39 is 11.6 Å². The molecular formula is C29H31ClN4O3. The highest BCUT2D eigenvalue weighted by Crippen LogP contribution is 2.38. The first-order valence-corrected chi connectivity index (χ1v) is 13.0. The minimum atomic E-state index is -0.807. The van der Waals surface area contributed by atoms with E-state index in [9.17, 15) is 9.90 Å². The second-order valence-electron chi connectivity index (χ2n) is 9.65. The smallest absolute Gasteiger partial charge is 0.312 e. The number of piperidine rings is 1. The van der Waals surface area contributed by atoms with Crippen LogP contribution in [-0.4, -0.2) is 47.2 Å². The number of halogens is 1. The van der Waals surface area contributed by atoms with Crippen LogP contribution in [0.25, 0.3) is 5.57 Å². The molecule has 4 N–H and O–H groups in total. The van der Waals surface area contributed by atoms with Crippen molar-refractivity contribution >= 4 is 23.2 Å². The van der Waals surface area contributed by atoms with Crippen molar-refractivity contribution in [3.8, 4) is 5.88 Å². The van der Waals surface area contributed by atoms with Gasteiger partial charge in [0, 0.05) is 54.5 Å². The number of nitrogens with one attached hydrogen (secondary N) is 1. The Bertz CT molecular complexity index is 1270. The van der Waals surface area contributed by atoms with Crippen molar-refractivity contribution in [1.82, 2.24) is 15.2 Å². The Kier molecular flexibility index (Phi) is 7.46. The number of nitrogens with two attached hydrogens (primary N) is 1. The molecule has 3 aliphatic rings. The molecule has 37 heavy (non-hydrogen) atoms. The topological polar surface area (TPSA) is 101 Å². The van der Waals surface area contributed by atoms with Gasteiger partial charge in [-0.15, -0.1) is 0 Å². The average molecular weight is 519 g/mol. The summed E-state index contributed by atoms with van der Waals surface area (Å²) in [5.41, 5.74) is 8.38. The van der Waals surface area contributed by atoms with E-state index >= 15 is 0 Å². The van der Waals surface area contributed by atoms with Crippen LogP contribution in [0.2, 0.25) is 5.02 Å². The molecule has 192 valence electrons. The number of aliphatic hydroxyl groups is 1. The summed E-state index contributed by atoms with van der Waals surface area (Å²) in [5.74, 6) is 1.23. The van der Waals surface area contributed by atoms with Gasteiger partial charge in [0.05, 0.1) is 5.60 Å². The Labute approximate surface area is 222 Å². The molecule has 1 aliphatic carbocycles. The van der Waals surface area contributed by atoms with Gasteiger partial charge in [-0.05, 0) is 66.8 Å². The maximum absolute atomic E-state index is 11.3. The summed E-state index contributed by atoms with van der Waals surface area (Å²) in [6.07, 6.45) is 14.2. The van der Waals surface area contributed by atoms with Crippen molar-refractivity contribution in [3.63, 3.8) is 0 Å². The molecule has 1 unspecified atom stereocenters. The van der Waals surface area contributed by atoms with Gasteiger partial charge in [-0.2, -0.15) is 0 Å². The number of hydrogen-bond donors (Lipinski definition) is 3. The molecule has 1 fully saturated rings. The van der Waals surface area contributed by atoms with Gasteiger partial charge in [-0.25, -0.2) is 9.78 Å². The lowest BCUT2D eigenvalue weighted by atomic mass is 9.84. The highest BCUT2D eigenvalue weighted by Gasteiger charge is 2.33. The number of amides is 2. The van der Waals surface area contributed by atoms with Crippen LogP contribution in [0.15, 0.2) is 84.3 Å². The van der Waals surface area contributed by atoms with Crippen LogP contribution in [-0.2, 0) is 5.60 Å². The molecule has 2 aromatic rings. The van der Waals surface area contributed by atoms with Crippen LogP contribution in [0.1, 0.15) is 30.4 Å². The maximum Gasteiger partial charge on any atom is 0.312 e. The number of nitrogens with zero attached hydrogens (tertiary/aromatic N) is 2. The normalized spacial score (nSPS) is 21.7. The van der Waals surface area contributed by atoms with Gasteiger partial charge in [0.25, 0.3) is 0 Å². The summed E-state index contributed by atoms with van der Waals surface area (Å²) >= 11 is 6.02. The number of benzene rings is 1. The summed E-state index contributed by atoms with van der Waals surface area (Å²) in [7, 11) is 0. The third-order valence-corrected chi connectivity index (χ3v) is 7.50. The van der Waals surface area contributed by atoms with Gasteiger partial charge in [0.15, 0.2) is 0 Å². The average Bonchev–Trinajstić information content (AvgIpc) is 3.06. The van der Waals surface area contributed by atoms with Gasteiger partial charge < -0.3 is 25.8 Å². The lowest BCUT2D eigenvalue weighted by molar-refractivity contribution is -0.0254. The zero-order chi connectivity index (χ0) is 25.8. The van der Waals surface area contributed by atoms with Crippen molar-refractivity contribution in [2.45, 2.75) is 24.9 Å². The fraction of sp³-hybridized carbons (Fsp3) is 0.310. The molecule has 1 saturated heterocycles. The van der Waals surface area contributed by atoms with Crippen LogP contribution in [0.4, 0.5) is 4.79 Å². The quantitative estimate of drug-likeness (QED) is 0.521. The number of hydrogen-bond acceptors (Lipinski definition) is 5. The predicted molar refractivity (Wildman–Crippen MR) is 145 cm³/mol. The van der Waals surface area contributed by atoms with E-state index in [-0.39, 0.29) is 5.92 Å². The van der Waals surface area contributed by atoms with Crippen molar-refractivity contribution in [3.05, 3.63) is 100 Å². The lowest BCUT2D eigenvalue weighted by Gasteiger charge is -2.38. The SMILES string of the molecule is NC(=O)NCC1C=CC=C2Oc3ncccc3C(=CCCN3CCC(O)(c4ccc(Cl)cc4)CC3)C=C21. The zero-order valence-corrected chi connectivity index (χ0v) is 21.3. The Hall–Kier alpha value is -3.39. The molecular weight excluding hydrogens is 488 g/mol. The highest BCUT2D eigenvalue weighted by molar-refractivity contribution is 6.30. The number of rotatable bonds is 6. The second-order valence-corrected chi connectivity index (χ2v) is 10.1. The number of ether oxygens (including phenoxy) is 1. The second kappa shape index (κ2) is 10.9. The fourth-order valence-corrected chi connectivity index (χ4v) is 5.25. The molecule has 0 radical (unpaired) electrons. The Balaban J connectivity index is 1.29. The number of aromatic nitrogens is 1. The first-order chi connectivity index (χ1) is 17.9.